The smallest absolute Gasteiger partial charge is 0.388 e. The van der Waals surface area contributed by atoms with Crippen molar-refractivity contribution in [2.24, 2.45) is 0 Å². The van der Waals surface area contributed by atoms with E-state index in [-0.39, 0.29) is 44.0 Å². The highest BCUT2D eigenvalue weighted by molar-refractivity contribution is 7.84. The van der Waals surface area contributed by atoms with Crippen LogP contribution in [0.1, 0.15) is 90.4 Å². The Morgan fingerprint density at radius 1 is 0.912 bits per heavy atom. The Balaban J connectivity index is 1.14. The number of benzene rings is 4. The first kappa shape index (κ1) is 41.4. The first-order chi connectivity index (χ1) is 27.6. The highest BCUT2D eigenvalue weighted by atomic mass is 32.2. The van der Waals surface area contributed by atoms with Crippen molar-refractivity contribution in [2.45, 2.75) is 85.1 Å². The molecule has 0 N–H and O–H groups in total. The number of hydrogen-bond acceptors (Lipinski definition) is 10. The minimum atomic E-state index is -4.17. The van der Waals surface area contributed by atoms with E-state index < -0.39 is 16.3 Å². The number of nitrogens with zero attached hydrogens (tertiary/aromatic N) is 4. The van der Waals surface area contributed by atoms with Crippen molar-refractivity contribution < 1.29 is 36.3 Å². The number of methoxy groups -OCH3 is 1. The number of ether oxygens (including phenoxy) is 4. The lowest BCUT2D eigenvalue weighted by molar-refractivity contribution is -0.143. The Bertz CT molecular complexity index is 2260. The van der Waals surface area contributed by atoms with Crippen LogP contribution in [0.25, 0.3) is 11.0 Å². The first-order valence-electron chi connectivity index (χ1n) is 19.5. The maximum absolute atomic E-state index is 13.4. The summed E-state index contributed by atoms with van der Waals surface area (Å²) in [6, 6.07) is 26.8. The van der Waals surface area contributed by atoms with Crippen molar-refractivity contribution in [3.8, 4) is 5.75 Å². The summed E-state index contributed by atoms with van der Waals surface area (Å²) in [7, 11) is -2.51. The minimum Gasteiger partial charge on any atom is -0.497 e. The van der Waals surface area contributed by atoms with Gasteiger partial charge < -0.3 is 23.1 Å². The number of esters is 1. The number of unbranched alkanes of at least 4 members (excludes halogenated alkanes) is 2. The molecule has 0 radical (unpaired) electrons. The van der Waals surface area contributed by atoms with Gasteiger partial charge in [0.25, 0.3) is 5.95 Å². The lowest BCUT2D eigenvalue weighted by atomic mass is 9.83. The van der Waals surface area contributed by atoms with E-state index in [1.54, 1.807) is 20.1 Å². The normalized spacial score (nSPS) is 15.1. The van der Waals surface area contributed by atoms with Gasteiger partial charge in [-0.2, -0.15) is 12.7 Å². The molecule has 0 bridgehead atoms. The quantitative estimate of drug-likeness (QED) is 0.0595. The fourth-order valence-electron chi connectivity index (χ4n) is 7.16. The van der Waals surface area contributed by atoms with Gasteiger partial charge in [-0.3, -0.25) is 4.79 Å². The van der Waals surface area contributed by atoms with Crippen LogP contribution in [-0.4, -0.2) is 60.6 Å². The summed E-state index contributed by atoms with van der Waals surface area (Å²) in [6.45, 7) is 10.1. The fourth-order valence-corrected chi connectivity index (χ4v) is 8.34. The molecule has 6 rings (SSSR count). The van der Waals surface area contributed by atoms with Gasteiger partial charge in [-0.25, -0.2) is 4.68 Å². The molecule has 0 fully saturated rings. The molecule has 302 valence electrons. The molecule has 4 aromatic carbocycles. The summed E-state index contributed by atoms with van der Waals surface area (Å²) in [6.07, 6.45) is 4.59. The fraction of sp³-hybridized carbons (Fsp3) is 0.386. The van der Waals surface area contributed by atoms with Crippen LogP contribution in [0.3, 0.4) is 0 Å². The van der Waals surface area contributed by atoms with Crippen LogP contribution in [0.5, 0.6) is 5.75 Å². The Morgan fingerprint density at radius 3 is 2.42 bits per heavy atom. The molecule has 0 saturated heterocycles. The van der Waals surface area contributed by atoms with Crippen LogP contribution in [-0.2, 0) is 53.3 Å². The van der Waals surface area contributed by atoms with E-state index >= 15 is 0 Å². The Hall–Kier alpha value is -5.24. The van der Waals surface area contributed by atoms with Crippen molar-refractivity contribution in [2.75, 3.05) is 26.9 Å². The second-order valence-electron chi connectivity index (χ2n) is 14.2. The second kappa shape index (κ2) is 19.3. The Kier molecular flexibility index (Phi) is 14.0. The van der Waals surface area contributed by atoms with Gasteiger partial charge in [-0.05, 0) is 104 Å². The van der Waals surface area contributed by atoms with Gasteiger partial charge in [0.1, 0.15) is 17.9 Å². The average Bonchev–Trinajstić information content (AvgIpc) is 3.63. The minimum absolute atomic E-state index is 0.0450. The molecule has 1 unspecified atom stereocenters. The van der Waals surface area contributed by atoms with Crippen molar-refractivity contribution in [1.82, 2.24) is 19.3 Å². The molecule has 0 amide bonds. The summed E-state index contributed by atoms with van der Waals surface area (Å²) < 4.78 is 57.7. The van der Waals surface area contributed by atoms with Gasteiger partial charge >= 0.3 is 16.3 Å². The van der Waals surface area contributed by atoms with E-state index in [4.69, 9.17) is 23.1 Å². The standard InChI is InChI=1S/C44H52N4O8S/c1-6-54-42(49)28-40(36-18-15-31(2)39(27-36)33(4)48-25-23-43(56-57(48,50)51)55-30-34-13-9-7-10-14-34)38-21-22-41-44(32(38)3)45-46-47(41)24-11-8-12-26-53-29-35-16-19-37(52-5)20-17-35/h7,9-10,13-23,27,33,40H,6,8,11-12,24-26,28-30H2,1-5H3/t33-,40?/m1/s1. The van der Waals surface area contributed by atoms with Gasteiger partial charge in [0.2, 0.25) is 0 Å². The third-order valence-corrected chi connectivity index (χ3v) is 11.8. The van der Waals surface area contributed by atoms with Crippen LogP contribution >= 0.6 is 0 Å². The Labute approximate surface area is 335 Å². The molecule has 0 aliphatic carbocycles. The summed E-state index contributed by atoms with van der Waals surface area (Å²) in [5.41, 5.74) is 8.13. The highest BCUT2D eigenvalue weighted by Crippen LogP contribution is 2.37. The molecule has 0 saturated carbocycles. The van der Waals surface area contributed by atoms with Gasteiger partial charge in [0, 0.05) is 31.7 Å². The lowest BCUT2D eigenvalue weighted by Gasteiger charge is -2.31. The van der Waals surface area contributed by atoms with Crippen molar-refractivity contribution >= 4 is 27.3 Å². The molecule has 57 heavy (non-hydrogen) atoms. The van der Waals surface area contributed by atoms with Crippen LogP contribution in [0, 0.1) is 13.8 Å². The molecular weight excluding hydrogens is 745 g/mol. The van der Waals surface area contributed by atoms with Gasteiger partial charge in [0.05, 0.1) is 38.3 Å². The molecule has 12 nitrogen and oxygen atoms in total. The number of fused-ring (bicyclic) bond motifs is 1. The molecule has 5 aromatic rings. The average molecular weight is 797 g/mol. The number of aryl methyl sites for hydroxylation is 3. The maximum Gasteiger partial charge on any atom is 0.388 e. The molecule has 2 atom stereocenters. The molecule has 1 aliphatic rings. The van der Waals surface area contributed by atoms with Crippen molar-refractivity contribution in [3.63, 3.8) is 0 Å². The SMILES string of the molecule is CCOC(=O)CC(c1ccc(C)c([C@@H](C)N2CC=C(OCc3ccccc3)OS2(=O)=O)c1)c1ccc2c(nnn2CCCCCOCc2ccc(OC)cc2)c1C. The van der Waals surface area contributed by atoms with E-state index in [9.17, 15) is 13.2 Å². The lowest BCUT2D eigenvalue weighted by Crippen LogP contribution is -2.38. The number of hydrogen-bond donors (Lipinski definition) is 0. The maximum atomic E-state index is 13.4. The van der Waals surface area contributed by atoms with Gasteiger partial charge in [0.15, 0.2) is 0 Å². The number of carbonyl (C=O) groups excluding carboxylic acids is 1. The summed E-state index contributed by atoms with van der Waals surface area (Å²) in [4.78, 5) is 13.1. The van der Waals surface area contributed by atoms with Crippen molar-refractivity contribution in [1.29, 1.82) is 0 Å². The number of carbonyl (C=O) groups is 1. The zero-order valence-electron chi connectivity index (χ0n) is 33.3. The third kappa shape index (κ3) is 10.4. The van der Waals surface area contributed by atoms with E-state index in [1.807, 2.05) is 110 Å². The first-order valence-corrected chi connectivity index (χ1v) is 20.8. The zero-order valence-corrected chi connectivity index (χ0v) is 34.2. The molecule has 0 spiro atoms. The van der Waals surface area contributed by atoms with E-state index in [1.165, 1.54) is 4.31 Å². The van der Waals surface area contributed by atoms with Crippen LogP contribution in [0.4, 0.5) is 0 Å². The molecular formula is C44H52N4O8S. The summed E-state index contributed by atoms with van der Waals surface area (Å²) >= 11 is 0. The zero-order chi connectivity index (χ0) is 40.4. The molecule has 1 aromatic heterocycles. The number of rotatable bonds is 19. The summed E-state index contributed by atoms with van der Waals surface area (Å²) in [5.74, 6) is 0.0809. The predicted molar refractivity (Wildman–Crippen MR) is 217 cm³/mol. The van der Waals surface area contributed by atoms with Gasteiger partial charge in [-0.1, -0.05) is 71.9 Å². The highest BCUT2D eigenvalue weighted by Gasteiger charge is 2.35. The van der Waals surface area contributed by atoms with Crippen molar-refractivity contribution in [3.05, 3.63) is 136 Å². The predicted octanol–water partition coefficient (Wildman–Crippen LogP) is 8.23. The van der Waals surface area contributed by atoms with Crippen LogP contribution < -0.4 is 4.74 Å². The topological polar surface area (TPSA) is 131 Å². The van der Waals surface area contributed by atoms with Crippen LogP contribution in [0.15, 0.2) is 97.0 Å². The third-order valence-electron chi connectivity index (χ3n) is 10.3. The molecule has 2 heterocycles. The second-order valence-corrected chi connectivity index (χ2v) is 15.7. The molecule has 13 heteroatoms. The monoisotopic (exact) mass is 796 g/mol. The molecule has 1 aliphatic heterocycles. The Morgan fingerprint density at radius 2 is 1.68 bits per heavy atom. The van der Waals surface area contributed by atoms with E-state index in [2.05, 4.69) is 10.3 Å². The van der Waals surface area contributed by atoms with Gasteiger partial charge in [-0.15, -0.1) is 5.10 Å². The van der Waals surface area contributed by atoms with E-state index in [0.717, 1.165) is 81.5 Å². The number of aromatic nitrogens is 3. The largest absolute Gasteiger partial charge is 0.497 e. The van der Waals surface area contributed by atoms with E-state index in [0.29, 0.717) is 13.2 Å². The van der Waals surface area contributed by atoms with Crippen LogP contribution in [0.2, 0.25) is 0 Å². The summed E-state index contributed by atoms with van der Waals surface area (Å²) in [5, 5.41) is 9.08.